The van der Waals surface area contributed by atoms with E-state index in [4.69, 9.17) is 5.11 Å². The standard InChI is InChI=1S/C12H17N3O3/c1-12(2)8(9(12)11(17)18)10(16)15(3)6-7-13-4-5-14-7/h4-5,8-9H,6H2,1-3H3,(H,13,14)(H,17,18)/t8-,9+/m1/s1. The second kappa shape index (κ2) is 4.12. The van der Waals surface area contributed by atoms with Crippen LogP contribution < -0.4 is 0 Å². The maximum Gasteiger partial charge on any atom is 0.307 e. The second-order valence-corrected chi connectivity index (χ2v) is 5.35. The van der Waals surface area contributed by atoms with Crippen LogP contribution in [0.25, 0.3) is 0 Å². The number of imidazole rings is 1. The van der Waals surface area contributed by atoms with Crippen molar-refractivity contribution < 1.29 is 14.7 Å². The third kappa shape index (κ3) is 1.98. The highest BCUT2D eigenvalue weighted by atomic mass is 16.4. The van der Waals surface area contributed by atoms with Gasteiger partial charge in [-0.2, -0.15) is 0 Å². The van der Waals surface area contributed by atoms with Crippen molar-refractivity contribution in [3.8, 4) is 0 Å². The lowest BCUT2D eigenvalue weighted by Crippen LogP contribution is -2.30. The van der Waals surface area contributed by atoms with Crippen molar-refractivity contribution in [3.05, 3.63) is 18.2 Å². The molecule has 1 heterocycles. The van der Waals surface area contributed by atoms with Gasteiger partial charge in [0.2, 0.25) is 5.91 Å². The van der Waals surface area contributed by atoms with Crippen molar-refractivity contribution in [2.45, 2.75) is 20.4 Å². The molecular weight excluding hydrogens is 234 g/mol. The molecule has 0 radical (unpaired) electrons. The first-order valence-electron chi connectivity index (χ1n) is 5.81. The third-order valence-electron chi connectivity index (χ3n) is 3.68. The van der Waals surface area contributed by atoms with Gasteiger partial charge in [0.25, 0.3) is 0 Å². The number of rotatable bonds is 4. The van der Waals surface area contributed by atoms with Gasteiger partial charge in [-0.25, -0.2) is 4.98 Å². The topological polar surface area (TPSA) is 86.3 Å². The molecular formula is C12H17N3O3. The van der Waals surface area contributed by atoms with Gasteiger partial charge in [-0.1, -0.05) is 13.8 Å². The van der Waals surface area contributed by atoms with Crippen LogP contribution in [0.1, 0.15) is 19.7 Å². The number of aromatic amines is 1. The quantitative estimate of drug-likeness (QED) is 0.825. The van der Waals surface area contributed by atoms with Crippen LogP contribution in [-0.2, 0) is 16.1 Å². The number of hydrogen-bond acceptors (Lipinski definition) is 3. The van der Waals surface area contributed by atoms with Crippen molar-refractivity contribution in [1.29, 1.82) is 0 Å². The van der Waals surface area contributed by atoms with Crippen LogP contribution in [0.5, 0.6) is 0 Å². The molecule has 1 fully saturated rings. The number of nitrogens with zero attached hydrogens (tertiary/aromatic N) is 2. The monoisotopic (exact) mass is 251 g/mol. The van der Waals surface area contributed by atoms with Crippen LogP contribution in [0.2, 0.25) is 0 Å². The van der Waals surface area contributed by atoms with Crippen molar-refractivity contribution >= 4 is 11.9 Å². The number of carbonyl (C=O) groups excluding carboxylic acids is 1. The zero-order valence-corrected chi connectivity index (χ0v) is 10.7. The van der Waals surface area contributed by atoms with Crippen LogP contribution in [0.3, 0.4) is 0 Å². The molecule has 1 aromatic rings. The molecule has 0 aromatic carbocycles. The molecule has 1 amide bonds. The molecule has 2 N–H and O–H groups in total. The van der Waals surface area contributed by atoms with Gasteiger partial charge in [0, 0.05) is 19.4 Å². The van der Waals surface area contributed by atoms with Gasteiger partial charge in [0.15, 0.2) is 0 Å². The van der Waals surface area contributed by atoms with Crippen molar-refractivity contribution in [2.24, 2.45) is 17.3 Å². The Morgan fingerprint density at radius 3 is 2.61 bits per heavy atom. The summed E-state index contributed by atoms with van der Waals surface area (Å²) < 4.78 is 0. The molecule has 0 spiro atoms. The first-order chi connectivity index (χ1) is 8.35. The molecule has 0 saturated heterocycles. The fourth-order valence-electron chi connectivity index (χ4n) is 2.48. The number of nitrogens with one attached hydrogen (secondary N) is 1. The number of hydrogen-bond donors (Lipinski definition) is 2. The minimum atomic E-state index is -0.898. The molecule has 98 valence electrons. The van der Waals surface area contributed by atoms with Gasteiger partial charge in [0.1, 0.15) is 5.82 Å². The molecule has 0 bridgehead atoms. The maximum atomic E-state index is 12.2. The number of carboxylic acid groups (broad SMARTS) is 1. The van der Waals surface area contributed by atoms with Gasteiger partial charge in [-0.3, -0.25) is 9.59 Å². The first kappa shape index (κ1) is 12.6. The second-order valence-electron chi connectivity index (χ2n) is 5.35. The van der Waals surface area contributed by atoms with E-state index in [-0.39, 0.29) is 5.91 Å². The minimum absolute atomic E-state index is 0.135. The molecule has 0 aliphatic heterocycles. The molecule has 2 atom stereocenters. The van der Waals surface area contributed by atoms with E-state index >= 15 is 0 Å². The summed E-state index contributed by atoms with van der Waals surface area (Å²) in [5.74, 6) is -1.36. The molecule has 1 aliphatic rings. The summed E-state index contributed by atoms with van der Waals surface area (Å²) in [6.45, 7) is 3.99. The van der Waals surface area contributed by atoms with Gasteiger partial charge in [-0.15, -0.1) is 0 Å². The minimum Gasteiger partial charge on any atom is -0.481 e. The Morgan fingerprint density at radius 1 is 1.50 bits per heavy atom. The molecule has 6 nitrogen and oxygen atoms in total. The SMILES string of the molecule is CN(Cc1ncc[nH]1)C(=O)[C@H]1[C@@H](C(=O)O)C1(C)C. The van der Waals surface area contributed by atoms with Gasteiger partial charge in [-0.05, 0) is 5.41 Å². The van der Waals surface area contributed by atoms with Crippen LogP contribution in [-0.4, -0.2) is 38.9 Å². The molecule has 2 rings (SSSR count). The molecule has 0 unspecified atom stereocenters. The molecule has 1 saturated carbocycles. The smallest absolute Gasteiger partial charge is 0.307 e. The predicted octanol–water partition coefficient (Wildman–Crippen LogP) is 0.725. The Hall–Kier alpha value is -1.85. The average molecular weight is 251 g/mol. The number of aromatic nitrogens is 2. The van der Waals surface area contributed by atoms with Crippen molar-refractivity contribution in [1.82, 2.24) is 14.9 Å². The van der Waals surface area contributed by atoms with Gasteiger partial charge < -0.3 is 15.0 Å². The summed E-state index contributed by atoms with van der Waals surface area (Å²) in [5.41, 5.74) is -0.458. The Bertz CT molecular complexity index is 467. The van der Waals surface area contributed by atoms with Crippen LogP contribution in [0.15, 0.2) is 12.4 Å². The predicted molar refractivity (Wildman–Crippen MR) is 63.5 cm³/mol. The molecule has 18 heavy (non-hydrogen) atoms. The fourth-order valence-corrected chi connectivity index (χ4v) is 2.48. The van der Waals surface area contributed by atoms with Crippen molar-refractivity contribution in [3.63, 3.8) is 0 Å². The maximum absolute atomic E-state index is 12.2. The molecule has 1 aliphatic carbocycles. The van der Waals surface area contributed by atoms with E-state index in [1.165, 1.54) is 4.90 Å². The lowest BCUT2D eigenvalue weighted by Gasteiger charge is -2.16. The summed E-state index contributed by atoms with van der Waals surface area (Å²) >= 11 is 0. The Morgan fingerprint density at radius 2 is 2.17 bits per heavy atom. The fraction of sp³-hybridized carbons (Fsp3) is 0.583. The first-order valence-corrected chi connectivity index (χ1v) is 5.81. The lowest BCUT2D eigenvalue weighted by molar-refractivity contribution is -0.141. The van der Waals surface area contributed by atoms with Crippen molar-refractivity contribution in [2.75, 3.05) is 7.05 Å². The lowest BCUT2D eigenvalue weighted by atomic mass is 10.1. The van der Waals surface area contributed by atoms with Crippen LogP contribution in [0, 0.1) is 17.3 Å². The summed E-state index contributed by atoms with van der Waals surface area (Å²) in [6, 6.07) is 0. The van der Waals surface area contributed by atoms with E-state index in [0.717, 1.165) is 0 Å². The van der Waals surface area contributed by atoms with E-state index in [1.807, 2.05) is 13.8 Å². The van der Waals surface area contributed by atoms with Gasteiger partial charge in [0.05, 0.1) is 18.4 Å². The van der Waals surface area contributed by atoms with Gasteiger partial charge >= 0.3 is 5.97 Å². The Kier molecular flexibility index (Phi) is 2.88. The molecule has 6 heteroatoms. The van der Waals surface area contributed by atoms with E-state index in [2.05, 4.69) is 9.97 Å². The summed E-state index contributed by atoms with van der Waals surface area (Å²) in [7, 11) is 1.66. The Balaban J connectivity index is 2.02. The summed E-state index contributed by atoms with van der Waals surface area (Å²) in [6.07, 6.45) is 3.31. The zero-order chi connectivity index (χ0) is 13.5. The number of H-pyrrole nitrogens is 1. The number of carbonyl (C=O) groups is 2. The van der Waals surface area contributed by atoms with E-state index in [0.29, 0.717) is 12.4 Å². The van der Waals surface area contributed by atoms with E-state index < -0.39 is 23.2 Å². The largest absolute Gasteiger partial charge is 0.481 e. The highest BCUT2D eigenvalue weighted by Crippen LogP contribution is 2.58. The molecule has 1 aromatic heterocycles. The number of amides is 1. The normalized spacial score (nSPS) is 24.6. The highest BCUT2D eigenvalue weighted by molar-refractivity contribution is 5.91. The van der Waals surface area contributed by atoms with Crippen LogP contribution in [0.4, 0.5) is 0 Å². The Labute approximate surface area is 105 Å². The number of carboxylic acids is 1. The number of aliphatic carboxylic acids is 1. The average Bonchev–Trinajstić information content (AvgIpc) is 2.63. The van der Waals surface area contributed by atoms with Crippen LogP contribution >= 0.6 is 0 Å². The zero-order valence-electron chi connectivity index (χ0n) is 10.7. The van der Waals surface area contributed by atoms with E-state index in [1.54, 1.807) is 19.4 Å². The van der Waals surface area contributed by atoms with E-state index in [9.17, 15) is 9.59 Å². The highest BCUT2D eigenvalue weighted by Gasteiger charge is 2.66. The summed E-state index contributed by atoms with van der Waals surface area (Å²) in [4.78, 5) is 31.7. The summed E-state index contributed by atoms with van der Waals surface area (Å²) in [5, 5.41) is 9.06. The third-order valence-corrected chi connectivity index (χ3v) is 3.68.